The normalized spacial score (nSPS) is 11.0. The molecule has 0 aromatic heterocycles. The third-order valence-electron chi connectivity index (χ3n) is 10.8. The summed E-state index contributed by atoms with van der Waals surface area (Å²) in [4.78, 5) is 152. The van der Waals surface area contributed by atoms with Gasteiger partial charge in [-0.05, 0) is 108 Å². The molecule has 2 amide bonds. The highest BCUT2D eigenvalue weighted by Gasteiger charge is 2.33. The standard InChI is InChI=1S/C15H24N2O7S2.C12H23NO4S2.C11H19ClO4S2.C10H21NO3S2.C6H9ClO4S2.C5H8BrClO2S2.C5H10O3S2.C4H11NOS2.CH4/c1-16(2)7-3-4-14(20)22-8-10-25-26-11-9-23-15(21)24-17-12(18)5-6-13(17)19;1-11(14)16-7-9-18-19-10-8-17-12(15)5-4-6-13(2)3;1-11(2,3)16-9(13)5-4-7-17-18-8-6-15-10(12)14;1-11(2)5-3-4-10(13)14-7-9-16-15-8-6-12;1-10-5(8)4-13-12-3-2-11-6(7)9;6-1-3-10-11-4-2-9-5(7)8;1-8-5(7)4-10-9-3-2-6;5-1-3-7-8-4-2-6;/h3-11H2,1-2H3;4-10H2,1-3H3;4-8H2,1-3H3;12H,3-9H2,1-2H3;2-4H2,1H3;1-4H2;6H,2-4H2,1H3;6H,1-5H2;1H4. The summed E-state index contributed by atoms with van der Waals surface area (Å²) in [5.41, 5.74) is 2.50. The van der Waals surface area contributed by atoms with Crippen molar-refractivity contribution in [1.29, 1.82) is 0 Å². The van der Waals surface area contributed by atoms with Crippen LogP contribution >= 0.6 is 223 Å². The number of nitrogens with zero attached hydrogens (tertiary/aromatic N) is 4. The molecule has 1 aliphatic heterocycles. The first-order chi connectivity index (χ1) is 57.5. The zero-order valence-electron chi connectivity index (χ0n) is 70.7. The lowest BCUT2D eigenvalue weighted by Crippen LogP contribution is -2.32. The average molecular weight is 2180 g/mol. The summed E-state index contributed by atoms with van der Waals surface area (Å²) in [7, 11) is 39.6. The van der Waals surface area contributed by atoms with E-state index in [-0.39, 0.29) is 101 Å². The van der Waals surface area contributed by atoms with Crippen LogP contribution in [-0.2, 0) is 100 Å². The number of hydroxylamine groups is 2. The third-order valence-corrected chi connectivity index (χ3v) is 30.8. The number of ether oxygens (including phenoxy) is 11. The number of carbonyl (C=O) groups excluding carboxylic acids is 13. The van der Waals surface area contributed by atoms with Gasteiger partial charge in [-0.25, -0.2) is 19.2 Å². The predicted octanol–water partition coefficient (Wildman–Crippen LogP) is 14.9. The molecule has 53 heteroatoms. The van der Waals surface area contributed by atoms with Crippen molar-refractivity contribution in [3.63, 3.8) is 0 Å². The summed E-state index contributed by atoms with van der Waals surface area (Å²) >= 11 is 18.1. The summed E-state index contributed by atoms with van der Waals surface area (Å²) in [6, 6.07) is 0. The first-order valence-electron chi connectivity index (χ1n) is 36.7. The molecule has 0 spiro atoms. The van der Waals surface area contributed by atoms with E-state index in [0.717, 1.165) is 109 Å². The van der Waals surface area contributed by atoms with Gasteiger partial charge in [0, 0.05) is 173 Å². The molecule has 0 atom stereocenters. The van der Waals surface area contributed by atoms with E-state index in [0.29, 0.717) is 105 Å². The number of imide groups is 1. The van der Waals surface area contributed by atoms with Gasteiger partial charge < -0.3 is 87.9 Å². The second-order valence-electron chi connectivity index (χ2n) is 23.3. The molecule has 0 radical (unpaired) electrons. The molecule has 0 aliphatic carbocycles. The zero-order chi connectivity index (χ0) is 92.8. The maximum Gasteiger partial charge on any atom is 0.533 e. The number of amides is 2. The monoisotopic (exact) mass is 2170 g/mol. The number of hydrogen-bond donors (Lipinski definition) is 4. The summed E-state index contributed by atoms with van der Waals surface area (Å²) in [6.45, 7) is 13.7. The molecule has 0 aromatic rings. The van der Waals surface area contributed by atoms with Crippen molar-refractivity contribution in [2.24, 2.45) is 5.73 Å². The first-order valence-corrected chi connectivity index (χ1v) is 58.8. The van der Waals surface area contributed by atoms with Gasteiger partial charge in [0.1, 0.15) is 70.0 Å². The molecule has 0 aromatic carbocycles. The number of nitrogens with two attached hydrogens (primary N) is 1. The highest BCUT2D eigenvalue weighted by molar-refractivity contribution is 9.09. The molecule has 5 N–H and O–H groups in total. The van der Waals surface area contributed by atoms with Gasteiger partial charge in [-0.3, -0.25) is 48.0 Å². The minimum atomic E-state index is -1.08. The Bertz CT molecular complexity index is 2570. The van der Waals surface area contributed by atoms with Crippen molar-refractivity contribution >= 4 is 299 Å². The van der Waals surface area contributed by atoms with Gasteiger partial charge in [-0.2, -0.15) is 0 Å². The quantitative estimate of drug-likeness (QED) is 0.00835. The molecule has 0 bridgehead atoms. The Labute approximate surface area is 809 Å². The van der Waals surface area contributed by atoms with E-state index >= 15 is 0 Å². The SMILES string of the molecule is C.CC(=O)OCCSSCCOC(=O)CCCN(C)C.CC(C)(C)OC(=O)CCCSSCCOC(=O)Cl.CN(C)CCCC(=O)OCCSSCCO.CN(C)CCCC(=O)OCCSSCCOC(=O)ON1C(=O)CCC1=O.COC(=O)CSSCCO.COC(=O)CSSCCOC(=O)Cl.NCCSSCCO.O=C(Cl)OCCSSCCBr. The van der Waals surface area contributed by atoms with Crippen molar-refractivity contribution in [1.82, 2.24) is 19.8 Å². The van der Waals surface area contributed by atoms with Gasteiger partial charge in [0.05, 0.1) is 34.0 Å². The molecule has 1 saturated heterocycles. The summed E-state index contributed by atoms with van der Waals surface area (Å²) in [5, 5.41) is 26.6. The van der Waals surface area contributed by atoms with E-state index in [4.69, 9.17) is 84.3 Å². The fraction of sp³-hybridized carbons (Fsp3) is 0.812. The molecule has 122 heavy (non-hydrogen) atoms. The van der Waals surface area contributed by atoms with Gasteiger partial charge in [0.2, 0.25) is 0 Å². The number of hydrogen-bond acceptors (Lipinski definition) is 48. The Balaban J connectivity index is -0.000000208. The molecule has 0 unspecified atom stereocenters. The van der Waals surface area contributed by atoms with E-state index in [9.17, 15) is 62.3 Å². The molecule has 722 valence electrons. The fourth-order valence-electron chi connectivity index (χ4n) is 5.99. The molecule has 0 saturated carbocycles. The van der Waals surface area contributed by atoms with Crippen molar-refractivity contribution in [3.05, 3.63) is 0 Å². The fourth-order valence-corrected chi connectivity index (χ4v) is 20.7. The van der Waals surface area contributed by atoms with Crippen LogP contribution in [0.3, 0.4) is 0 Å². The summed E-state index contributed by atoms with van der Waals surface area (Å²) < 4.78 is 52.3. The highest BCUT2D eigenvalue weighted by Crippen LogP contribution is 2.26. The number of alkyl halides is 1. The van der Waals surface area contributed by atoms with Gasteiger partial charge in [-0.15, -0.1) is 0 Å². The van der Waals surface area contributed by atoms with E-state index in [2.05, 4.69) is 49.4 Å². The van der Waals surface area contributed by atoms with Gasteiger partial charge in [0.25, 0.3) is 11.8 Å². The van der Waals surface area contributed by atoms with Crippen LogP contribution in [0.4, 0.5) is 19.2 Å². The lowest BCUT2D eigenvalue weighted by atomic mass is 10.2. The van der Waals surface area contributed by atoms with Crippen LogP contribution in [0.25, 0.3) is 0 Å². The zero-order valence-corrected chi connectivity index (χ0v) is 87.6. The predicted molar refractivity (Wildman–Crippen MR) is 527 cm³/mol. The van der Waals surface area contributed by atoms with Crippen LogP contribution in [0, 0.1) is 0 Å². The van der Waals surface area contributed by atoms with E-state index in [1.165, 1.54) is 85.9 Å². The average Bonchev–Trinajstić information content (AvgIpc) is 1.73. The molecule has 1 fully saturated rings. The maximum absolute atomic E-state index is 11.4. The number of aliphatic hydroxyl groups excluding tert-OH is 3. The van der Waals surface area contributed by atoms with Crippen molar-refractivity contribution in [2.45, 2.75) is 105 Å². The van der Waals surface area contributed by atoms with Gasteiger partial charge in [0.15, 0.2) is 0 Å². The summed E-state index contributed by atoms with van der Waals surface area (Å²) in [6.07, 6.45) is 4.04. The molecule has 33 nitrogen and oxygen atoms in total. The van der Waals surface area contributed by atoms with Gasteiger partial charge >= 0.3 is 64.2 Å². The van der Waals surface area contributed by atoms with Crippen LogP contribution in [0.15, 0.2) is 0 Å². The Morgan fingerprint density at radius 2 is 0.680 bits per heavy atom. The Kier molecular flexibility index (Phi) is 121. The molecule has 1 rings (SSSR count). The summed E-state index contributed by atoms with van der Waals surface area (Å²) in [5.74, 6) is 8.75. The maximum atomic E-state index is 11.4. The minimum Gasteiger partial charge on any atom is -0.468 e. The van der Waals surface area contributed by atoms with Crippen LogP contribution in [0.2, 0.25) is 0 Å². The number of esters is 7. The Morgan fingerprint density at radius 3 is 0.975 bits per heavy atom. The number of halogens is 4. The van der Waals surface area contributed by atoms with E-state index in [1.807, 2.05) is 72.9 Å². The van der Waals surface area contributed by atoms with Crippen LogP contribution in [0.1, 0.15) is 99.3 Å². The van der Waals surface area contributed by atoms with Crippen molar-refractivity contribution in [2.75, 3.05) is 253 Å². The lowest BCUT2D eigenvalue weighted by Gasteiger charge is -2.19. The molecule has 1 aliphatic rings. The van der Waals surface area contributed by atoms with E-state index < -0.39 is 39.9 Å². The number of aliphatic hydroxyl groups is 3. The van der Waals surface area contributed by atoms with Crippen molar-refractivity contribution in [3.8, 4) is 0 Å². The topological polar surface area (TPSA) is 432 Å². The first kappa shape index (κ1) is 137. The second-order valence-corrected chi connectivity index (χ2v) is 46.4. The highest BCUT2D eigenvalue weighted by atomic mass is 79.9. The van der Waals surface area contributed by atoms with Crippen LogP contribution in [0.5, 0.6) is 0 Å². The third kappa shape index (κ3) is 133. The van der Waals surface area contributed by atoms with Crippen molar-refractivity contribution < 1.29 is 135 Å². The number of methoxy groups -OCH3 is 2. The molecule has 1 heterocycles. The number of carbonyl (C=O) groups is 13. The minimum absolute atomic E-state index is 0. The Hall–Kier alpha value is -0.220. The van der Waals surface area contributed by atoms with Crippen LogP contribution < -0.4 is 5.73 Å². The Morgan fingerprint density at radius 1 is 0.402 bits per heavy atom. The largest absolute Gasteiger partial charge is 0.533 e. The van der Waals surface area contributed by atoms with Gasteiger partial charge in [-0.1, -0.05) is 201 Å². The molecular formula is C69H129BrCl3N5O28S16. The lowest BCUT2D eigenvalue weighted by molar-refractivity contribution is -0.177. The van der Waals surface area contributed by atoms with E-state index in [1.54, 1.807) is 108 Å². The second kappa shape index (κ2) is 108. The van der Waals surface area contributed by atoms with Crippen LogP contribution in [-0.4, -0.2) is 369 Å². The number of rotatable bonds is 63. The molecular weight excluding hydrogens is 2050 g/mol. The smallest absolute Gasteiger partial charge is 0.468 e.